The Bertz CT molecular complexity index is 5420. The van der Waals surface area contributed by atoms with Crippen LogP contribution in [0.3, 0.4) is 0 Å². The zero-order valence-electron chi connectivity index (χ0n) is 43.5. The van der Waals surface area contributed by atoms with Gasteiger partial charge in [-0.2, -0.15) is 0 Å². The minimum Gasteiger partial charge on any atom is -0.456 e. The van der Waals surface area contributed by atoms with E-state index in [1.807, 2.05) is 6.07 Å². The summed E-state index contributed by atoms with van der Waals surface area (Å²) in [7, 11) is 0. The van der Waals surface area contributed by atoms with E-state index in [1.165, 1.54) is 58.6 Å². The summed E-state index contributed by atoms with van der Waals surface area (Å²) in [4.78, 5) is 16.2. The van der Waals surface area contributed by atoms with Gasteiger partial charge in [0, 0.05) is 70.0 Å². The molecule has 0 aliphatic heterocycles. The molecule has 376 valence electrons. The van der Waals surface area contributed by atoms with Crippen LogP contribution in [0.5, 0.6) is 0 Å². The highest BCUT2D eigenvalue weighted by Crippen LogP contribution is 2.46. The van der Waals surface area contributed by atoms with E-state index in [0.29, 0.717) is 17.5 Å². The van der Waals surface area contributed by atoms with Crippen LogP contribution in [0.1, 0.15) is 0 Å². The Kier molecular flexibility index (Phi) is 10.1. The lowest BCUT2D eigenvalue weighted by atomic mass is 9.95. The van der Waals surface area contributed by atoms with Crippen LogP contribution >= 0.6 is 11.3 Å². The lowest BCUT2D eigenvalue weighted by Gasteiger charge is -2.16. The van der Waals surface area contributed by atoms with E-state index in [2.05, 4.69) is 265 Å². The Hall–Kier alpha value is -10.5. The van der Waals surface area contributed by atoms with Gasteiger partial charge in [0.15, 0.2) is 17.5 Å². The molecule has 0 saturated heterocycles. The summed E-state index contributed by atoms with van der Waals surface area (Å²) in [6.45, 7) is 0. The van der Waals surface area contributed by atoms with Gasteiger partial charge in [0.05, 0.1) is 16.7 Å². The van der Waals surface area contributed by atoms with Crippen LogP contribution in [0.15, 0.2) is 271 Å². The second-order valence-corrected chi connectivity index (χ2v) is 22.1. The maximum Gasteiger partial charge on any atom is 0.165 e. The largest absolute Gasteiger partial charge is 0.456 e. The third-order valence-corrected chi connectivity index (χ3v) is 17.6. The molecule has 81 heavy (non-hydrogen) atoms. The van der Waals surface area contributed by atoms with E-state index < -0.39 is 0 Å². The second-order valence-electron chi connectivity index (χ2n) is 21.1. The summed E-state index contributed by atoms with van der Waals surface area (Å²) in [6.07, 6.45) is 0. The van der Waals surface area contributed by atoms with Crippen LogP contribution in [0, 0.1) is 0 Å². The van der Waals surface area contributed by atoms with Crippen molar-refractivity contribution in [2.75, 3.05) is 0 Å². The van der Waals surface area contributed by atoms with E-state index in [4.69, 9.17) is 19.4 Å². The SMILES string of the molecule is c1ccc(-c2ccc(-c3nc(-c4cccc5c4sc4ccccc45)nc(-c4cccc5oc6cc(-n7c8cc9ccccc9cc8c8c9ccccc9ccc87)c(-c7cccc(-c8ccc9ccccc9c8)c7)cc6c45)n3)cc2)cc1. The van der Waals surface area contributed by atoms with Gasteiger partial charge in [-0.3, -0.25) is 0 Å². The molecule has 0 radical (unpaired) electrons. The fourth-order valence-corrected chi connectivity index (χ4v) is 13.8. The highest BCUT2D eigenvalue weighted by molar-refractivity contribution is 7.26. The van der Waals surface area contributed by atoms with E-state index in [-0.39, 0.29) is 0 Å². The molecule has 0 fully saturated rings. The number of fused-ring (bicyclic) bond motifs is 13. The van der Waals surface area contributed by atoms with Crippen molar-refractivity contribution in [2.24, 2.45) is 0 Å². The standard InChI is InChI=1S/C75H44N4OS/c1-2-15-45(16-3-1)47-31-34-49(35-32-47)73-76-74(78-75(77-73)60-28-13-26-58-57-25-10-11-30-69(57)81-72(58)60)59-27-14-29-67-71(59)63-43-61(55-23-12-22-51(40-55)54-36-33-46-17-4-5-19-50(46)39-54)66(44-68(63)80-67)79-64-38-37-48-18-8-9-24-56(48)70(64)62-41-52-20-6-7-21-53(52)42-65(62)79/h1-44H. The van der Waals surface area contributed by atoms with Gasteiger partial charge in [-0.15, -0.1) is 11.3 Å². The third kappa shape index (κ3) is 7.35. The molecule has 4 aromatic heterocycles. The summed E-state index contributed by atoms with van der Waals surface area (Å²) >= 11 is 1.78. The van der Waals surface area contributed by atoms with Gasteiger partial charge < -0.3 is 8.98 Å². The molecule has 0 saturated carbocycles. The van der Waals surface area contributed by atoms with Crippen LogP contribution in [-0.4, -0.2) is 19.5 Å². The number of hydrogen-bond acceptors (Lipinski definition) is 5. The number of aromatic nitrogens is 4. The van der Waals surface area contributed by atoms with Crippen molar-refractivity contribution in [1.29, 1.82) is 0 Å². The Morgan fingerprint density at radius 3 is 1.74 bits per heavy atom. The van der Waals surface area contributed by atoms with Crippen molar-refractivity contribution in [3.63, 3.8) is 0 Å². The molecule has 0 bridgehead atoms. The third-order valence-electron chi connectivity index (χ3n) is 16.4. The molecule has 0 atom stereocenters. The second kappa shape index (κ2) is 18.0. The molecule has 0 N–H and O–H groups in total. The Morgan fingerprint density at radius 2 is 0.889 bits per heavy atom. The molecule has 13 aromatic carbocycles. The quantitative estimate of drug-likeness (QED) is 0.160. The van der Waals surface area contributed by atoms with Crippen LogP contribution in [0.2, 0.25) is 0 Å². The molecule has 0 aliphatic carbocycles. The average Bonchev–Trinajstić information content (AvgIpc) is 4.16. The van der Waals surface area contributed by atoms with Gasteiger partial charge in [0.1, 0.15) is 11.2 Å². The normalized spacial score (nSPS) is 12.0. The van der Waals surface area contributed by atoms with Crippen molar-refractivity contribution in [3.8, 4) is 73.2 Å². The van der Waals surface area contributed by atoms with Crippen molar-refractivity contribution >= 4 is 108 Å². The lowest BCUT2D eigenvalue weighted by Crippen LogP contribution is -2.00. The highest BCUT2D eigenvalue weighted by atomic mass is 32.1. The lowest BCUT2D eigenvalue weighted by molar-refractivity contribution is 0.668. The van der Waals surface area contributed by atoms with E-state index in [9.17, 15) is 0 Å². The first kappa shape index (κ1) is 45.5. The van der Waals surface area contributed by atoms with Crippen molar-refractivity contribution in [3.05, 3.63) is 267 Å². The Balaban J connectivity index is 0.932. The average molecular weight is 1050 g/mol. The highest BCUT2D eigenvalue weighted by Gasteiger charge is 2.24. The monoisotopic (exact) mass is 1050 g/mol. The maximum atomic E-state index is 7.14. The Labute approximate surface area is 468 Å². The molecular weight excluding hydrogens is 1000 g/mol. The molecule has 5 nitrogen and oxygen atoms in total. The molecule has 17 rings (SSSR count). The molecule has 17 aromatic rings. The first-order chi connectivity index (χ1) is 40.1. The minimum absolute atomic E-state index is 0.568. The fourth-order valence-electron chi connectivity index (χ4n) is 12.5. The van der Waals surface area contributed by atoms with Crippen LogP contribution < -0.4 is 0 Å². The summed E-state index contributed by atoms with van der Waals surface area (Å²) < 4.78 is 12.0. The number of furan rings is 1. The summed E-state index contributed by atoms with van der Waals surface area (Å²) in [5.41, 5.74) is 14.2. The predicted molar refractivity (Wildman–Crippen MR) is 339 cm³/mol. The van der Waals surface area contributed by atoms with E-state index >= 15 is 0 Å². The number of thiophene rings is 1. The number of rotatable bonds is 7. The number of benzene rings is 13. The van der Waals surface area contributed by atoms with E-state index in [0.717, 1.165) is 93.4 Å². The van der Waals surface area contributed by atoms with Crippen LogP contribution in [0.25, 0.3) is 169 Å². The zero-order valence-corrected chi connectivity index (χ0v) is 44.3. The first-order valence-corrected chi connectivity index (χ1v) is 28.2. The molecular formula is C75H44N4OS. The molecule has 6 heteroatoms. The van der Waals surface area contributed by atoms with Crippen molar-refractivity contribution < 1.29 is 4.42 Å². The van der Waals surface area contributed by atoms with E-state index in [1.54, 1.807) is 11.3 Å². The van der Waals surface area contributed by atoms with Crippen LogP contribution in [-0.2, 0) is 0 Å². The zero-order chi connectivity index (χ0) is 53.1. The molecule has 4 heterocycles. The van der Waals surface area contributed by atoms with Gasteiger partial charge in [0.25, 0.3) is 0 Å². The van der Waals surface area contributed by atoms with Crippen molar-refractivity contribution in [2.45, 2.75) is 0 Å². The van der Waals surface area contributed by atoms with Gasteiger partial charge >= 0.3 is 0 Å². The van der Waals surface area contributed by atoms with Gasteiger partial charge in [-0.05, 0) is 115 Å². The first-order valence-electron chi connectivity index (χ1n) is 27.4. The predicted octanol–water partition coefficient (Wildman–Crippen LogP) is 20.7. The smallest absolute Gasteiger partial charge is 0.165 e. The van der Waals surface area contributed by atoms with Crippen molar-refractivity contribution in [1.82, 2.24) is 19.5 Å². The minimum atomic E-state index is 0.568. The fraction of sp³-hybridized carbons (Fsp3) is 0. The summed E-state index contributed by atoms with van der Waals surface area (Å²) in [5.74, 6) is 1.78. The Morgan fingerprint density at radius 1 is 0.296 bits per heavy atom. The maximum absolute atomic E-state index is 7.14. The topological polar surface area (TPSA) is 56.7 Å². The number of hydrogen-bond donors (Lipinski definition) is 0. The number of nitrogens with zero attached hydrogens (tertiary/aromatic N) is 4. The molecule has 0 amide bonds. The van der Waals surface area contributed by atoms with Crippen LogP contribution in [0.4, 0.5) is 0 Å². The summed E-state index contributed by atoms with van der Waals surface area (Å²) in [5, 5.41) is 14.0. The molecule has 0 aliphatic rings. The summed E-state index contributed by atoms with van der Waals surface area (Å²) in [6, 6.07) is 96.0. The van der Waals surface area contributed by atoms with Gasteiger partial charge in [-0.25, -0.2) is 15.0 Å². The van der Waals surface area contributed by atoms with Gasteiger partial charge in [-0.1, -0.05) is 206 Å². The van der Waals surface area contributed by atoms with Gasteiger partial charge in [0.2, 0.25) is 0 Å². The molecule has 0 spiro atoms. The molecule has 0 unspecified atom stereocenters.